The summed E-state index contributed by atoms with van der Waals surface area (Å²) in [6, 6.07) is 13.3. The number of amidine groups is 1. The van der Waals surface area contributed by atoms with Crippen LogP contribution in [0.3, 0.4) is 0 Å². The van der Waals surface area contributed by atoms with Crippen molar-refractivity contribution in [1.29, 1.82) is 0 Å². The molecule has 1 amide bonds. The van der Waals surface area contributed by atoms with Crippen LogP contribution in [-0.4, -0.2) is 23.2 Å². The minimum atomic E-state index is -0.293. The summed E-state index contributed by atoms with van der Waals surface area (Å²) < 4.78 is 12.9. The first-order valence-electron chi connectivity index (χ1n) is 6.49. The zero-order valence-electron chi connectivity index (χ0n) is 11.1. The lowest BCUT2D eigenvalue weighted by molar-refractivity contribution is -0.125. The van der Waals surface area contributed by atoms with E-state index in [1.807, 2.05) is 12.1 Å². The van der Waals surface area contributed by atoms with E-state index in [1.54, 1.807) is 29.2 Å². The van der Waals surface area contributed by atoms with E-state index in [0.29, 0.717) is 17.4 Å². The van der Waals surface area contributed by atoms with Crippen LogP contribution < -0.4 is 0 Å². The number of rotatable bonds is 3. The molecule has 5 heteroatoms. The topological polar surface area (TPSA) is 32.7 Å². The van der Waals surface area contributed by atoms with Crippen molar-refractivity contribution in [2.45, 2.75) is 6.54 Å². The number of hydrogen-bond acceptors (Lipinski definition) is 2. The smallest absolute Gasteiger partial charge is 0.250 e. The molecule has 1 heterocycles. The summed E-state index contributed by atoms with van der Waals surface area (Å²) in [6.45, 7) is 0.514. The quantitative estimate of drug-likeness (QED) is 0.856. The van der Waals surface area contributed by atoms with Gasteiger partial charge in [0.05, 0.1) is 6.54 Å². The highest BCUT2D eigenvalue weighted by atomic mass is 35.5. The average Bonchev–Trinajstić information content (AvgIpc) is 2.84. The highest BCUT2D eigenvalue weighted by Gasteiger charge is 2.26. The van der Waals surface area contributed by atoms with Crippen molar-refractivity contribution in [3.63, 3.8) is 0 Å². The fourth-order valence-corrected chi connectivity index (χ4v) is 2.34. The minimum absolute atomic E-state index is 0.0655. The number of benzene rings is 2. The van der Waals surface area contributed by atoms with Gasteiger partial charge in [-0.2, -0.15) is 0 Å². The molecular formula is C16H12ClFN2O. The second-order valence-electron chi connectivity index (χ2n) is 4.75. The van der Waals surface area contributed by atoms with E-state index in [-0.39, 0.29) is 18.3 Å². The fraction of sp³-hybridized carbons (Fsp3) is 0.125. The molecule has 0 N–H and O–H groups in total. The van der Waals surface area contributed by atoms with Crippen LogP contribution in [0.25, 0.3) is 0 Å². The lowest BCUT2D eigenvalue weighted by atomic mass is 10.1. The third-order valence-electron chi connectivity index (χ3n) is 3.28. The molecule has 0 radical (unpaired) electrons. The number of halogens is 2. The predicted molar refractivity (Wildman–Crippen MR) is 79.8 cm³/mol. The SMILES string of the molecule is O=C1CN=C(c2ccc(Cl)cc2)N1Cc1ccc(F)cc1. The molecule has 2 aromatic rings. The van der Waals surface area contributed by atoms with Gasteiger partial charge in [-0.05, 0) is 42.0 Å². The molecule has 3 rings (SSSR count). The van der Waals surface area contributed by atoms with Gasteiger partial charge in [0.2, 0.25) is 5.91 Å². The molecule has 0 spiro atoms. The molecule has 3 nitrogen and oxygen atoms in total. The number of hydrogen-bond donors (Lipinski definition) is 0. The van der Waals surface area contributed by atoms with Crippen LogP contribution in [0, 0.1) is 5.82 Å². The lowest BCUT2D eigenvalue weighted by Crippen LogP contribution is -2.32. The van der Waals surface area contributed by atoms with Crippen molar-refractivity contribution < 1.29 is 9.18 Å². The van der Waals surface area contributed by atoms with Crippen molar-refractivity contribution in [2.75, 3.05) is 6.54 Å². The molecule has 0 aliphatic carbocycles. The molecule has 21 heavy (non-hydrogen) atoms. The maximum absolute atomic E-state index is 12.9. The second kappa shape index (κ2) is 5.66. The zero-order chi connectivity index (χ0) is 14.8. The van der Waals surface area contributed by atoms with Gasteiger partial charge in [-0.3, -0.25) is 14.7 Å². The van der Waals surface area contributed by atoms with E-state index < -0.39 is 0 Å². The summed E-state index contributed by atoms with van der Waals surface area (Å²) in [5.74, 6) is 0.267. The van der Waals surface area contributed by atoms with Crippen LogP contribution in [0.4, 0.5) is 4.39 Å². The van der Waals surface area contributed by atoms with Gasteiger partial charge in [0.1, 0.15) is 18.2 Å². The molecule has 0 unspecified atom stereocenters. The highest BCUT2D eigenvalue weighted by Crippen LogP contribution is 2.18. The van der Waals surface area contributed by atoms with E-state index in [1.165, 1.54) is 12.1 Å². The zero-order valence-corrected chi connectivity index (χ0v) is 11.8. The third kappa shape index (κ3) is 2.95. The molecule has 0 aromatic heterocycles. The van der Waals surface area contributed by atoms with Crippen LogP contribution >= 0.6 is 11.6 Å². The van der Waals surface area contributed by atoms with Gasteiger partial charge in [0, 0.05) is 10.6 Å². The summed E-state index contributed by atoms with van der Waals surface area (Å²) in [5, 5.41) is 0.633. The van der Waals surface area contributed by atoms with Crippen LogP contribution in [0.15, 0.2) is 53.5 Å². The Morgan fingerprint density at radius 3 is 2.43 bits per heavy atom. The molecule has 2 aromatic carbocycles. The molecule has 0 saturated heterocycles. The Morgan fingerprint density at radius 2 is 1.76 bits per heavy atom. The number of carbonyl (C=O) groups excluding carboxylic acids is 1. The first kappa shape index (κ1) is 13.8. The summed E-state index contributed by atoms with van der Waals surface area (Å²) in [5.41, 5.74) is 1.70. The van der Waals surface area contributed by atoms with Crippen LogP contribution in [0.1, 0.15) is 11.1 Å². The molecule has 0 fully saturated rings. The summed E-state index contributed by atoms with van der Waals surface area (Å²) in [7, 11) is 0. The standard InChI is InChI=1S/C16H12ClFN2O/c17-13-5-3-12(4-6-13)16-19-9-15(21)20(16)10-11-1-7-14(18)8-2-11/h1-8H,9-10H2. The van der Waals surface area contributed by atoms with Gasteiger partial charge in [0.25, 0.3) is 0 Å². The molecule has 106 valence electrons. The van der Waals surface area contributed by atoms with Crippen molar-refractivity contribution in [2.24, 2.45) is 4.99 Å². The van der Waals surface area contributed by atoms with E-state index in [4.69, 9.17) is 11.6 Å². The Morgan fingerprint density at radius 1 is 1.10 bits per heavy atom. The van der Waals surface area contributed by atoms with Gasteiger partial charge in [0.15, 0.2) is 0 Å². The largest absolute Gasteiger partial charge is 0.290 e. The molecular weight excluding hydrogens is 291 g/mol. The van der Waals surface area contributed by atoms with Gasteiger partial charge in [-0.1, -0.05) is 23.7 Å². The van der Waals surface area contributed by atoms with Gasteiger partial charge >= 0.3 is 0 Å². The van der Waals surface area contributed by atoms with E-state index >= 15 is 0 Å². The van der Waals surface area contributed by atoms with Gasteiger partial charge < -0.3 is 0 Å². The molecule has 0 saturated carbocycles. The maximum atomic E-state index is 12.9. The van der Waals surface area contributed by atoms with E-state index in [0.717, 1.165) is 11.1 Å². The Kier molecular flexibility index (Phi) is 3.71. The van der Waals surface area contributed by atoms with E-state index in [9.17, 15) is 9.18 Å². The van der Waals surface area contributed by atoms with Crippen LogP contribution in [0.2, 0.25) is 5.02 Å². The fourth-order valence-electron chi connectivity index (χ4n) is 2.21. The third-order valence-corrected chi connectivity index (χ3v) is 3.53. The number of nitrogens with zero attached hydrogens (tertiary/aromatic N) is 2. The van der Waals surface area contributed by atoms with Gasteiger partial charge in [-0.25, -0.2) is 4.39 Å². The molecule has 0 atom stereocenters. The number of carbonyl (C=O) groups is 1. The lowest BCUT2D eigenvalue weighted by Gasteiger charge is -2.18. The van der Waals surface area contributed by atoms with Crippen LogP contribution in [0.5, 0.6) is 0 Å². The summed E-state index contributed by atoms with van der Waals surface area (Å²) >= 11 is 5.87. The van der Waals surface area contributed by atoms with Crippen molar-refractivity contribution >= 4 is 23.3 Å². The molecule has 1 aliphatic rings. The predicted octanol–water partition coefficient (Wildman–Crippen LogP) is 3.27. The normalized spacial score (nSPS) is 14.5. The first-order valence-corrected chi connectivity index (χ1v) is 6.86. The summed E-state index contributed by atoms with van der Waals surface area (Å²) in [4.78, 5) is 17.9. The van der Waals surface area contributed by atoms with Crippen molar-refractivity contribution in [1.82, 2.24) is 4.90 Å². The molecule has 1 aliphatic heterocycles. The van der Waals surface area contributed by atoms with Gasteiger partial charge in [-0.15, -0.1) is 0 Å². The van der Waals surface area contributed by atoms with Crippen molar-refractivity contribution in [3.05, 3.63) is 70.5 Å². The Labute approximate surface area is 126 Å². The minimum Gasteiger partial charge on any atom is -0.290 e. The monoisotopic (exact) mass is 302 g/mol. The number of amides is 1. The molecule has 0 bridgehead atoms. The Bertz CT molecular complexity index is 695. The summed E-state index contributed by atoms with van der Waals surface area (Å²) in [6.07, 6.45) is 0. The number of aliphatic imine (C=N–C) groups is 1. The Balaban J connectivity index is 1.85. The van der Waals surface area contributed by atoms with Crippen LogP contribution in [-0.2, 0) is 11.3 Å². The second-order valence-corrected chi connectivity index (χ2v) is 5.19. The Hall–Kier alpha value is -2.20. The van der Waals surface area contributed by atoms with E-state index in [2.05, 4.69) is 4.99 Å². The first-order chi connectivity index (χ1) is 10.1. The average molecular weight is 303 g/mol. The maximum Gasteiger partial charge on any atom is 0.250 e. The highest BCUT2D eigenvalue weighted by molar-refractivity contribution is 6.30. The van der Waals surface area contributed by atoms with Crippen molar-refractivity contribution in [3.8, 4) is 0 Å².